The number of rotatable bonds is 3. The Kier molecular flexibility index (Phi) is 4.92. The summed E-state index contributed by atoms with van der Waals surface area (Å²) in [6.45, 7) is 3.54. The molecule has 1 atom stereocenters. The normalized spacial score (nSPS) is 13.9. The number of alkyl carbamates (subject to hydrolysis) is 1. The van der Waals surface area contributed by atoms with Crippen LogP contribution in [-0.4, -0.2) is 12.7 Å². The van der Waals surface area contributed by atoms with Crippen molar-refractivity contribution in [1.82, 2.24) is 5.32 Å². The molecule has 3 nitrogen and oxygen atoms in total. The lowest BCUT2D eigenvalue weighted by molar-refractivity contribution is 0.146. The van der Waals surface area contributed by atoms with E-state index in [0.29, 0.717) is 15.6 Å². The van der Waals surface area contributed by atoms with Crippen molar-refractivity contribution < 1.29 is 9.53 Å². The van der Waals surface area contributed by atoms with Gasteiger partial charge in [-0.2, -0.15) is 0 Å². The molecule has 0 saturated carbocycles. The van der Waals surface area contributed by atoms with Gasteiger partial charge in [0.2, 0.25) is 0 Å². The molecule has 6 heteroatoms. The van der Waals surface area contributed by atoms with Gasteiger partial charge in [0.15, 0.2) is 0 Å². The van der Waals surface area contributed by atoms with Gasteiger partial charge in [0, 0.05) is 15.6 Å². The van der Waals surface area contributed by atoms with Crippen LogP contribution in [0, 0.1) is 0 Å². The Labute approximate surface area is 115 Å². The van der Waals surface area contributed by atoms with Crippen LogP contribution in [0.5, 0.6) is 0 Å². The molecule has 17 heavy (non-hydrogen) atoms. The first-order chi connectivity index (χ1) is 7.88. The number of ether oxygens (including phenoxy) is 1. The van der Waals surface area contributed by atoms with Crippen LogP contribution in [0.1, 0.15) is 19.4 Å². The second-order valence-corrected chi connectivity index (χ2v) is 5.02. The number of amides is 1. The molecule has 0 aliphatic heterocycles. The van der Waals surface area contributed by atoms with Gasteiger partial charge in [-0.25, -0.2) is 4.79 Å². The molecular weight excluding hydrogens is 284 g/mol. The monoisotopic (exact) mass is 295 g/mol. The molecule has 0 spiro atoms. The van der Waals surface area contributed by atoms with Crippen LogP contribution in [0.2, 0.25) is 10.0 Å². The first kappa shape index (κ1) is 14.4. The lowest BCUT2D eigenvalue weighted by Gasteiger charge is -2.25. The molecule has 0 fully saturated rings. The maximum Gasteiger partial charge on any atom is 0.408 e. The number of halogens is 3. The van der Waals surface area contributed by atoms with E-state index < -0.39 is 11.1 Å². The van der Waals surface area contributed by atoms with Crippen LogP contribution < -0.4 is 5.32 Å². The molecular formula is C11H12Cl3NO2. The number of benzene rings is 1. The van der Waals surface area contributed by atoms with E-state index in [2.05, 4.69) is 5.32 Å². The van der Waals surface area contributed by atoms with Gasteiger partial charge in [0.05, 0.1) is 6.61 Å². The highest BCUT2D eigenvalue weighted by Gasteiger charge is 2.30. The quantitative estimate of drug-likeness (QED) is 0.672. The molecule has 1 N–H and O–H groups in total. The minimum absolute atomic E-state index is 0.259. The maximum absolute atomic E-state index is 11.4. The highest BCUT2D eigenvalue weighted by Crippen LogP contribution is 2.36. The number of carbonyl (C=O) groups excluding carboxylic acids is 1. The Bertz CT molecular complexity index is 401. The first-order valence-corrected chi connectivity index (χ1v) is 6.10. The molecule has 0 aromatic heterocycles. The van der Waals surface area contributed by atoms with Crippen molar-refractivity contribution in [2.75, 3.05) is 6.61 Å². The molecule has 0 radical (unpaired) electrons. The zero-order valence-electron chi connectivity index (χ0n) is 9.39. The third-order valence-corrected chi connectivity index (χ3v) is 2.96. The number of nitrogens with one attached hydrogen (secondary N) is 1. The van der Waals surface area contributed by atoms with Crippen molar-refractivity contribution in [1.29, 1.82) is 0 Å². The molecule has 1 amide bonds. The summed E-state index contributed by atoms with van der Waals surface area (Å²) in [7, 11) is 0. The zero-order chi connectivity index (χ0) is 13.1. The molecule has 0 bridgehead atoms. The summed E-state index contributed by atoms with van der Waals surface area (Å²) in [5.74, 6) is 0. The van der Waals surface area contributed by atoms with Gasteiger partial charge in [-0.3, -0.25) is 5.32 Å². The summed E-state index contributed by atoms with van der Waals surface area (Å²) in [6.07, 6.45) is -0.624. The van der Waals surface area contributed by atoms with Gasteiger partial charge in [-0.15, -0.1) is 0 Å². The SMILES string of the molecule is CCOC(=O)NC(C)(Cl)c1c(Cl)cccc1Cl. The fourth-order valence-electron chi connectivity index (χ4n) is 1.37. The minimum Gasteiger partial charge on any atom is -0.450 e. The third-order valence-electron chi connectivity index (χ3n) is 2.04. The van der Waals surface area contributed by atoms with E-state index in [1.54, 1.807) is 32.0 Å². The van der Waals surface area contributed by atoms with Gasteiger partial charge in [0.25, 0.3) is 0 Å². The summed E-state index contributed by atoms with van der Waals surface area (Å²) in [5.41, 5.74) is 0.443. The van der Waals surface area contributed by atoms with Crippen molar-refractivity contribution in [2.24, 2.45) is 0 Å². The highest BCUT2D eigenvalue weighted by atomic mass is 35.5. The average molecular weight is 297 g/mol. The number of hydrogen-bond donors (Lipinski definition) is 1. The summed E-state index contributed by atoms with van der Waals surface area (Å²) in [5, 5.41) is 3.25. The molecule has 94 valence electrons. The average Bonchev–Trinajstić information content (AvgIpc) is 2.15. The largest absolute Gasteiger partial charge is 0.450 e. The van der Waals surface area contributed by atoms with Crippen molar-refractivity contribution in [3.8, 4) is 0 Å². The predicted octanol–water partition coefficient (Wildman–Crippen LogP) is 4.15. The van der Waals surface area contributed by atoms with Crippen molar-refractivity contribution in [3.63, 3.8) is 0 Å². The van der Waals surface area contributed by atoms with Crippen LogP contribution in [0.3, 0.4) is 0 Å². The van der Waals surface area contributed by atoms with Gasteiger partial charge < -0.3 is 4.74 Å². The zero-order valence-corrected chi connectivity index (χ0v) is 11.7. The van der Waals surface area contributed by atoms with Crippen LogP contribution in [0.4, 0.5) is 4.79 Å². The fraction of sp³-hybridized carbons (Fsp3) is 0.364. The molecule has 0 aliphatic carbocycles. The second-order valence-electron chi connectivity index (χ2n) is 3.45. The third kappa shape index (κ3) is 3.66. The lowest BCUT2D eigenvalue weighted by atomic mass is 10.1. The van der Waals surface area contributed by atoms with Crippen LogP contribution in [0.15, 0.2) is 18.2 Å². The van der Waals surface area contributed by atoms with E-state index in [-0.39, 0.29) is 6.61 Å². The second kappa shape index (κ2) is 5.80. The van der Waals surface area contributed by atoms with Crippen molar-refractivity contribution in [3.05, 3.63) is 33.8 Å². The number of carbonyl (C=O) groups is 1. The standard InChI is InChI=1S/C11H12Cl3NO2/c1-3-17-10(16)15-11(2,14)9-7(12)5-4-6-8(9)13/h4-6H,3H2,1-2H3,(H,15,16). The highest BCUT2D eigenvalue weighted by molar-refractivity contribution is 6.38. The lowest BCUT2D eigenvalue weighted by Crippen LogP contribution is -2.39. The summed E-state index contributed by atoms with van der Waals surface area (Å²) < 4.78 is 4.76. The van der Waals surface area contributed by atoms with Crippen LogP contribution in [0.25, 0.3) is 0 Å². The molecule has 0 heterocycles. The predicted molar refractivity (Wildman–Crippen MR) is 69.8 cm³/mol. The Morgan fingerprint density at radius 2 is 1.94 bits per heavy atom. The summed E-state index contributed by atoms with van der Waals surface area (Å²) in [4.78, 5) is 10.1. The Morgan fingerprint density at radius 3 is 2.41 bits per heavy atom. The molecule has 0 aliphatic rings. The summed E-state index contributed by atoms with van der Waals surface area (Å²) >= 11 is 18.2. The van der Waals surface area contributed by atoms with E-state index in [0.717, 1.165) is 0 Å². The van der Waals surface area contributed by atoms with Gasteiger partial charge in [-0.1, -0.05) is 40.9 Å². The van der Waals surface area contributed by atoms with Crippen molar-refractivity contribution in [2.45, 2.75) is 18.8 Å². The first-order valence-electron chi connectivity index (χ1n) is 4.96. The van der Waals surface area contributed by atoms with Gasteiger partial charge >= 0.3 is 6.09 Å². The van der Waals surface area contributed by atoms with E-state index >= 15 is 0 Å². The Morgan fingerprint density at radius 1 is 1.41 bits per heavy atom. The van der Waals surface area contributed by atoms with E-state index in [1.165, 1.54) is 0 Å². The fourth-order valence-corrected chi connectivity index (χ4v) is 2.52. The molecule has 1 rings (SSSR count). The molecule has 1 unspecified atom stereocenters. The smallest absolute Gasteiger partial charge is 0.408 e. The topological polar surface area (TPSA) is 38.3 Å². The Hall–Kier alpha value is -0.640. The van der Waals surface area contributed by atoms with Crippen LogP contribution >= 0.6 is 34.8 Å². The number of alkyl halides is 1. The van der Waals surface area contributed by atoms with E-state index in [4.69, 9.17) is 39.5 Å². The van der Waals surface area contributed by atoms with Crippen LogP contribution in [-0.2, 0) is 9.73 Å². The molecule has 0 saturated heterocycles. The van der Waals surface area contributed by atoms with Crippen molar-refractivity contribution >= 4 is 40.9 Å². The van der Waals surface area contributed by atoms with Gasteiger partial charge in [-0.05, 0) is 26.0 Å². The van der Waals surface area contributed by atoms with Gasteiger partial charge in [0.1, 0.15) is 5.00 Å². The molecule has 1 aromatic carbocycles. The molecule has 1 aromatic rings. The Balaban J connectivity index is 3.00. The number of hydrogen-bond acceptors (Lipinski definition) is 2. The maximum atomic E-state index is 11.4. The van der Waals surface area contributed by atoms with E-state index in [1.807, 2.05) is 0 Å². The minimum atomic E-state index is -1.22. The van der Waals surface area contributed by atoms with E-state index in [9.17, 15) is 4.79 Å². The summed E-state index contributed by atoms with van der Waals surface area (Å²) in [6, 6.07) is 5.00.